The Morgan fingerprint density at radius 1 is 0.512 bits per heavy atom. The van der Waals surface area contributed by atoms with E-state index in [9.17, 15) is 33.9 Å². The molecule has 0 aliphatic heterocycles. The van der Waals surface area contributed by atoms with Gasteiger partial charge >= 0.3 is 65.4 Å². The molecule has 0 heterocycles. The fourth-order valence-electron chi connectivity index (χ4n) is 2.88. The van der Waals surface area contributed by atoms with Crippen molar-refractivity contribution >= 4 is 35.8 Å². The first-order valence-corrected chi connectivity index (χ1v) is 11.2. The minimum absolute atomic E-state index is 0. The second-order valence-electron chi connectivity index (χ2n) is 8.16. The van der Waals surface area contributed by atoms with Crippen molar-refractivity contribution < 1.29 is 114 Å². The van der Waals surface area contributed by atoms with Gasteiger partial charge in [0.1, 0.15) is 12.2 Å². The zero-order valence-corrected chi connectivity index (χ0v) is 24.1. The van der Waals surface area contributed by atoms with Gasteiger partial charge in [0.15, 0.2) is 6.10 Å². The second-order valence-corrected chi connectivity index (χ2v) is 8.16. The maximum atomic E-state index is 11.0. The van der Waals surface area contributed by atoms with Crippen LogP contribution in [-0.4, -0.2) is 192 Å². The first kappa shape index (κ1) is 43.0. The zero-order chi connectivity index (χ0) is 31.6. The summed E-state index contributed by atoms with van der Waals surface area (Å²) in [6.07, 6.45) is -8.08. The Balaban J connectivity index is -0.000000869. The van der Waals surface area contributed by atoms with E-state index >= 15 is 0 Å². The SMILES string of the molecule is O=C(O)CN(CCN(CC(=O)O)CC(=O)O)CCN(CC(=O)O)CC(=O)O.O=C(O)[C@H](O)[C@@H](O)[C@H](O)[C@H](O)C[O-].[Na+]. The number of carboxylic acid groups (broad SMARTS) is 6. The topological polar surface area (TPSA) is 338 Å². The zero-order valence-electron chi connectivity index (χ0n) is 22.1. The van der Waals surface area contributed by atoms with Crippen LogP contribution in [0.1, 0.15) is 0 Å². The Hall–Kier alpha value is -2.50. The van der Waals surface area contributed by atoms with Gasteiger partial charge in [0.05, 0.1) is 38.8 Å². The van der Waals surface area contributed by atoms with Gasteiger partial charge in [-0.05, 0) is 0 Å². The third-order valence-corrected chi connectivity index (χ3v) is 4.75. The summed E-state index contributed by atoms with van der Waals surface area (Å²) in [6, 6.07) is 0. The van der Waals surface area contributed by atoms with Crippen LogP contribution in [-0.2, 0) is 28.8 Å². The second kappa shape index (κ2) is 23.1. The molecule has 0 fully saturated rings. The first-order chi connectivity index (χ1) is 18.4. The summed E-state index contributed by atoms with van der Waals surface area (Å²) in [4.78, 5) is 67.7. The van der Waals surface area contributed by atoms with Crippen LogP contribution in [0.15, 0.2) is 0 Å². The first-order valence-electron chi connectivity index (χ1n) is 11.2. The molecule has 0 amide bonds. The summed E-state index contributed by atoms with van der Waals surface area (Å²) in [6.45, 7) is -3.83. The van der Waals surface area contributed by atoms with Crippen molar-refractivity contribution in [2.45, 2.75) is 24.4 Å². The summed E-state index contributed by atoms with van der Waals surface area (Å²) >= 11 is 0. The Bertz CT molecular complexity index is 776. The number of hydrogen-bond acceptors (Lipinski definition) is 14. The molecule has 0 unspecified atom stereocenters. The van der Waals surface area contributed by atoms with Crippen LogP contribution in [0, 0.1) is 0 Å². The van der Waals surface area contributed by atoms with Gasteiger partial charge in [0.25, 0.3) is 0 Å². The van der Waals surface area contributed by atoms with Crippen molar-refractivity contribution in [1.29, 1.82) is 0 Å². The number of aliphatic hydroxyl groups is 4. The van der Waals surface area contributed by atoms with E-state index in [-0.39, 0.29) is 55.7 Å². The molecule has 0 aromatic carbocycles. The molecular formula is C20H34N3NaO17. The molecule has 21 heteroatoms. The summed E-state index contributed by atoms with van der Waals surface area (Å²) < 4.78 is 0. The van der Waals surface area contributed by atoms with Crippen LogP contribution in [0.2, 0.25) is 0 Å². The van der Waals surface area contributed by atoms with Gasteiger partial charge in [-0.2, -0.15) is 0 Å². The molecule has 0 rings (SSSR count). The number of aliphatic carboxylic acids is 6. The van der Waals surface area contributed by atoms with Gasteiger partial charge in [0, 0.05) is 26.2 Å². The molecule has 0 aromatic heterocycles. The Morgan fingerprint density at radius 3 is 1.02 bits per heavy atom. The smallest absolute Gasteiger partial charge is 0.853 e. The fourth-order valence-corrected chi connectivity index (χ4v) is 2.88. The van der Waals surface area contributed by atoms with Gasteiger partial charge in [-0.25, -0.2) is 4.79 Å². The number of aliphatic hydroxyl groups excluding tert-OH is 4. The van der Waals surface area contributed by atoms with Crippen molar-refractivity contribution in [3.8, 4) is 0 Å². The van der Waals surface area contributed by atoms with E-state index in [2.05, 4.69) is 0 Å². The number of hydrogen-bond donors (Lipinski definition) is 10. The third kappa shape index (κ3) is 22.8. The molecule has 232 valence electrons. The Morgan fingerprint density at radius 2 is 0.780 bits per heavy atom. The van der Waals surface area contributed by atoms with Gasteiger partial charge in [-0.1, -0.05) is 0 Å². The predicted octanol–water partition coefficient (Wildman–Crippen LogP) is -9.81. The van der Waals surface area contributed by atoms with Crippen molar-refractivity contribution in [3.05, 3.63) is 0 Å². The molecule has 20 nitrogen and oxygen atoms in total. The molecule has 0 aliphatic carbocycles. The fraction of sp³-hybridized carbons (Fsp3) is 0.700. The van der Waals surface area contributed by atoms with Crippen molar-refractivity contribution in [2.75, 3.05) is 65.5 Å². The van der Waals surface area contributed by atoms with Gasteiger partial charge in [-0.15, -0.1) is 6.61 Å². The van der Waals surface area contributed by atoms with E-state index in [1.807, 2.05) is 0 Å². The quantitative estimate of drug-likeness (QED) is 0.0538. The van der Waals surface area contributed by atoms with Gasteiger partial charge < -0.3 is 56.2 Å². The van der Waals surface area contributed by atoms with E-state index in [4.69, 9.17) is 51.1 Å². The van der Waals surface area contributed by atoms with Crippen LogP contribution in [0.25, 0.3) is 0 Å². The Labute approximate surface area is 254 Å². The van der Waals surface area contributed by atoms with Crippen LogP contribution in [0.3, 0.4) is 0 Å². The molecule has 10 N–H and O–H groups in total. The number of carbonyl (C=O) groups is 6. The van der Waals surface area contributed by atoms with Crippen LogP contribution in [0.4, 0.5) is 0 Å². The monoisotopic (exact) mass is 611 g/mol. The third-order valence-electron chi connectivity index (χ3n) is 4.75. The van der Waals surface area contributed by atoms with E-state index in [0.29, 0.717) is 0 Å². The summed E-state index contributed by atoms with van der Waals surface area (Å²) in [5.41, 5.74) is 0. The van der Waals surface area contributed by atoms with Gasteiger partial charge in [0.2, 0.25) is 0 Å². The standard InChI is InChI=1S/C14H23N3O10.C6H11O7.Na/c18-10(19)5-15(1-3-16(6-11(20)21)7-12(22)23)2-4-17(8-13(24)25)9-14(26)27;7-1-2(8)3(9)4(10)5(11)6(12)13;/h1-9H2,(H,18,19)(H,20,21)(H,22,23)(H,24,25)(H,26,27);2-5,8-11H,1H2,(H,12,13);/q;-1;+1/t;2-,3-,4+,5-;/m.1./s1. The van der Waals surface area contributed by atoms with E-state index in [1.165, 1.54) is 4.90 Å². The maximum absolute atomic E-state index is 11.0. The maximum Gasteiger partial charge on any atom is 1.00 e. The molecule has 0 radical (unpaired) electrons. The minimum atomic E-state index is -2.23. The van der Waals surface area contributed by atoms with E-state index in [0.717, 1.165) is 9.80 Å². The average Bonchev–Trinajstić information content (AvgIpc) is 2.82. The number of carboxylic acids is 6. The van der Waals surface area contributed by atoms with Crippen molar-refractivity contribution in [1.82, 2.24) is 14.7 Å². The molecule has 0 aromatic rings. The number of rotatable bonds is 21. The number of nitrogens with zero attached hydrogens (tertiary/aromatic N) is 3. The summed E-state index contributed by atoms with van der Waals surface area (Å²) in [5.74, 6) is -7.90. The van der Waals surface area contributed by atoms with Crippen molar-refractivity contribution in [3.63, 3.8) is 0 Å². The van der Waals surface area contributed by atoms with E-state index < -0.39 is 99.6 Å². The van der Waals surface area contributed by atoms with Gasteiger partial charge in [-0.3, -0.25) is 38.7 Å². The minimum Gasteiger partial charge on any atom is -0.853 e. The normalized spacial score (nSPS) is 13.8. The molecule has 0 saturated carbocycles. The van der Waals surface area contributed by atoms with Crippen LogP contribution in [0.5, 0.6) is 0 Å². The van der Waals surface area contributed by atoms with E-state index in [1.54, 1.807) is 0 Å². The summed E-state index contributed by atoms with van der Waals surface area (Å²) in [7, 11) is 0. The van der Waals surface area contributed by atoms with Crippen molar-refractivity contribution in [2.24, 2.45) is 0 Å². The summed E-state index contributed by atoms with van der Waals surface area (Å²) in [5, 5.41) is 97.5. The largest absolute Gasteiger partial charge is 1.00 e. The molecule has 0 aliphatic rings. The molecule has 4 atom stereocenters. The molecular weight excluding hydrogens is 577 g/mol. The molecule has 41 heavy (non-hydrogen) atoms. The average molecular weight is 611 g/mol. The molecule has 0 spiro atoms. The molecule has 0 bridgehead atoms. The predicted molar refractivity (Wildman–Crippen MR) is 124 cm³/mol. The Kier molecular flexibility index (Phi) is 24.2. The molecule has 0 saturated heterocycles. The van der Waals surface area contributed by atoms with Crippen LogP contribution < -0.4 is 34.7 Å². The van der Waals surface area contributed by atoms with Crippen LogP contribution >= 0.6 is 0 Å².